The molecule has 0 radical (unpaired) electrons. The minimum Gasteiger partial charge on any atom is -0.338 e. The Morgan fingerprint density at radius 3 is 2.62 bits per heavy atom. The highest BCUT2D eigenvalue weighted by atomic mass is 35.5. The van der Waals surface area contributed by atoms with Crippen LogP contribution in [-0.4, -0.2) is 21.9 Å². The van der Waals surface area contributed by atoms with Gasteiger partial charge in [-0.2, -0.15) is 0 Å². The van der Waals surface area contributed by atoms with Gasteiger partial charge in [-0.25, -0.2) is 4.98 Å². The molecule has 140 valence electrons. The van der Waals surface area contributed by atoms with Crippen molar-refractivity contribution in [3.8, 4) is 11.4 Å². The molecule has 2 atom stereocenters. The monoisotopic (exact) mass is 394 g/mol. The highest BCUT2D eigenvalue weighted by Crippen LogP contribution is 2.23. The van der Waals surface area contributed by atoms with E-state index in [2.05, 4.69) is 15.3 Å². The van der Waals surface area contributed by atoms with E-state index in [-0.39, 0.29) is 36.6 Å². The Labute approximate surface area is 165 Å². The van der Waals surface area contributed by atoms with Crippen molar-refractivity contribution in [2.75, 3.05) is 5.32 Å². The zero-order valence-electron chi connectivity index (χ0n) is 14.7. The normalized spacial score (nSPS) is 12.6. The summed E-state index contributed by atoms with van der Waals surface area (Å²) in [7, 11) is 0. The summed E-state index contributed by atoms with van der Waals surface area (Å²) in [5, 5.41) is 2.90. The van der Waals surface area contributed by atoms with Crippen molar-refractivity contribution >= 4 is 47.4 Å². The van der Waals surface area contributed by atoms with Gasteiger partial charge in [0.2, 0.25) is 5.91 Å². The number of fused-ring (bicyclic) bond motifs is 1. The van der Waals surface area contributed by atoms with E-state index >= 15 is 0 Å². The number of hydrogen-bond donors (Lipinski definition) is 3. The van der Waals surface area contributed by atoms with Gasteiger partial charge in [-0.1, -0.05) is 44.5 Å². The highest BCUT2D eigenvalue weighted by molar-refractivity contribution is 5.95. The van der Waals surface area contributed by atoms with E-state index < -0.39 is 6.04 Å². The Morgan fingerprint density at radius 2 is 1.92 bits per heavy atom. The number of rotatable bonds is 5. The third kappa shape index (κ3) is 4.75. The van der Waals surface area contributed by atoms with Crippen LogP contribution in [0, 0.1) is 5.92 Å². The molecule has 26 heavy (non-hydrogen) atoms. The Bertz CT molecular complexity index is 832. The second-order valence-electron chi connectivity index (χ2n) is 6.08. The third-order valence-electron chi connectivity index (χ3n) is 4.35. The number of nitrogens with one attached hydrogen (secondary N) is 2. The predicted molar refractivity (Wildman–Crippen MR) is 112 cm³/mol. The van der Waals surface area contributed by atoms with Crippen LogP contribution in [0.3, 0.4) is 0 Å². The second-order valence-corrected chi connectivity index (χ2v) is 6.08. The van der Waals surface area contributed by atoms with E-state index in [1.165, 1.54) is 0 Å². The van der Waals surface area contributed by atoms with Gasteiger partial charge in [0.25, 0.3) is 0 Å². The lowest BCUT2D eigenvalue weighted by atomic mass is 9.99. The van der Waals surface area contributed by atoms with Gasteiger partial charge >= 0.3 is 0 Å². The number of amides is 1. The molecule has 5 nitrogen and oxygen atoms in total. The van der Waals surface area contributed by atoms with Gasteiger partial charge in [-0.15, -0.1) is 24.8 Å². The molecule has 1 aromatic heterocycles. The molecule has 0 fully saturated rings. The van der Waals surface area contributed by atoms with Crippen molar-refractivity contribution in [1.82, 2.24) is 9.97 Å². The molecule has 3 aromatic rings. The zero-order chi connectivity index (χ0) is 17.1. The first-order valence-corrected chi connectivity index (χ1v) is 8.20. The number of carbonyl (C=O) groups is 1. The van der Waals surface area contributed by atoms with Crippen LogP contribution >= 0.6 is 24.8 Å². The summed E-state index contributed by atoms with van der Waals surface area (Å²) in [5.74, 6) is 0.758. The molecule has 0 aliphatic carbocycles. The Kier molecular flexibility index (Phi) is 8.08. The van der Waals surface area contributed by atoms with Gasteiger partial charge in [-0.3, -0.25) is 4.79 Å². The first-order chi connectivity index (χ1) is 11.6. The van der Waals surface area contributed by atoms with Crippen molar-refractivity contribution < 1.29 is 4.79 Å². The molecule has 0 aliphatic heterocycles. The molecule has 0 aliphatic rings. The molecule has 3 rings (SSSR count). The quantitative estimate of drug-likeness (QED) is 0.599. The van der Waals surface area contributed by atoms with E-state index in [4.69, 9.17) is 5.73 Å². The topological polar surface area (TPSA) is 83.8 Å². The number of H-pyrrole nitrogens is 1. The number of aromatic amines is 1. The van der Waals surface area contributed by atoms with Crippen LogP contribution in [0.25, 0.3) is 22.4 Å². The van der Waals surface area contributed by atoms with Gasteiger partial charge < -0.3 is 16.0 Å². The SMILES string of the molecule is CCC(C)C(N)C(=O)Nc1cccc(-c2nc3ccccc3[nH]2)c1.Cl.Cl. The number of nitrogens with zero attached hydrogens (tertiary/aromatic N) is 1. The molecule has 0 spiro atoms. The molecular formula is C19H24Cl2N4O. The van der Waals surface area contributed by atoms with E-state index in [0.29, 0.717) is 0 Å². The zero-order valence-corrected chi connectivity index (χ0v) is 16.4. The fourth-order valence-corrected chi connectivity index (χ4v) is 2.57. The minimum atomic E-state index is -0.509. The van der Waals surface area contributed by atoms with Gasteiger partial charge in [0.15, 0.2) is 0 Å². The predicted octanol–water partition coefficient (Wildman–Crippen LogP) is 4.39. The van der Waals surface area contributed by atoms with Crippen LogP contribution in [0.1, 0.15) is 20.3 Å². The lowest BCUT2D eigenvalue weighted by Gasteiger charge is -2.17. The Hall–Kier alpha value is -2.08. The van der Waals surface area contributed by atoms with Crippen molar-refractivity contribution in [3.63, 3.8) is 0 Å². The molecule has 2 unspecified atom stereocenters. The van der Waals surface area contributed by atoms with E-state index in [1.54, 1.807) is 0 Å². The average molecular weight is 395 g/mol. The molecule has 0 saturated heterocycles. The van der Waals surface area contributed by atoms with Crippen LogP contribution in [-0.2, 0) is 4.79 Å². The molecule has 7 heteroatoms. The van der Waals surface area contributed by atoms with Crippen molar-refractivity contribution in [2.45, 2.75) is 26.3 Å². The van der Waals surface area contributed by atoms with Crippen molar-refractivity contribution in [2.24, 2.45) is 11.7 Å². The first kappa shape index (κ1) is 22.0. The molecule has 0 bridgehead atoms. The fourth-order valence-electron chi connectivity index (χ4n) is 2.57. The maximum absolute atomic E-state index is 12.2. The summed E-state index contributed by atoms with van der Waals surface area (Å²) in [6.45, 7) is 4.01. The van der Waals surface area contributed by atoms with Gasteiger partial charge in [0, 0.05) is 11.3 Å². The number of hydrogen-bond acceptors (Lipinski definition) is 3. The number of nitrogens with two attached hydrogens (primary N) is 1. The van der Waals surface area contributed by atoms with Crippen LogP contribution < -0.4 is 11.1 Å². The maximum atomic E-state index is 12.2. The summed E-state index contributed by atoms with van der Waals surface area (Å²) in [5.41, 5.74) is 9.53. The molecule has 1 amide bonds. The number of aromatic nitrogens is 2. The van der Waals surface area contributed by atoms with Crippen LogP contribution in [0.4, 0.5) is 5.69 Å². The number of halogens is 2. The molecule has 4 N–H and O–H groups in total. The lowest BCUT2D eigenvalue weighted by Crippen LogP contribution is -2.40. The summed E-state index contributed by atoms with van der Waals surface area (Å²) < 4.78 is 0. The highest BCUT2D eigenvalue weighted by Gasteiger charge is 2.19. The Morgan fingerprint density at radius 1 is 1.19 bits per heavy atom. The first-order valence-electron chi connectivity index (χ1n) is 8.20. The van der Waals surface area contributed by atoms with Crippen LogP contribution in [0.5, 0.6) is 0 Å². The van der Waals surface area contributed by atoms with Gasteiger partial charge in [-0.05, 0) is 30.2 Å². The van der Waals surface area contributed by atoms with Gasteiger partial charge in [0.1, 0.15) is 5.82 Å². The minimum absolute atomic E-state index is 0. The number of anilines is 1. The standard InChI is InChI=1S/C19H22N4O.2ClH/c1-3-12(2)17(20)19(24)21-14-8-6-7-13(11-14)18-22-15-9-4-5-10-16(15)23-18;;/h4-12,17H,3,20H2,1-2H3,(H,21,24)(H,22,23);2*1H. The van der Waals surface area contributed by atoms with E-state index in [9.17, 15) is 4.79 Å². The molecule has 0 saturated carbocycles. The maximum Gasteiger partial charge on any atom is 0.241 e. The van der Waals surface area contributed by atoms with Crippen molar-refractivity contribution in [3.05, 3.63) is 48.5 Å². The lowest BCUT2D eigenvalue weighted by molar-refractivity contribution is -0.118. The van der Waals surface area contributed by atoms with Crippen LogP contribution in [0.2, 0.25) is 0 Å². The third-order valence-corrected chi connectivity index (χ3v) is 4.35. The summed E-state index contributed by atoms with van der Waals surface area (Å²) in [6, 6.07) is 15.0. The summed E-state index contributed by atoms with van der Waals surface area (Å²) in [4.78, 5) is 20.1. The van der Waals surface area contributed by atoms with E-state index in [1.807, 2.05) is 62.4 Å². The number of carbonyl (C=O) groups excluding carboxylic acids is 1. The van der Waals surface area contributed by atoms with Crippen molar-refractivity contribution in [1.29, 1.82) is 0 Å². The summed E-state index contributed by atoms with van der Waals surface area (Å²) >= 11 is 0. The number of para-hydroxylation sites is 2. The van der Waals surface area contributed by atoms with Crippen LogP contribution in [0.15, 0.2) is 48.5 Å². The van der Waals surface area contributed by atoms with Gasteiger partial charge in [0.05, 0.1) is 17.1 Å². The largest absolute Gasteiger partial charge is 0.338 e. The number of imidazole rings is 1. The average Bonchev–Trinajstić information content (AvgIpc) is 3.04. The number of benzene rings is 2. The Balaban J connectivity index is 0.00000169. The molecule has 1 heterocycles. The fraction of sp³-hybridized carbons (Fsp3) is 0.263. The molecule has 2 aromatic carbocycles. The summed E-state index contributed by atoms with van der Waals surface area (Å²) in [6.07, 6.45) is 0.869. The van der Waals surface area contributed by atoms with E-state index in [0.717, 1.165) is 34.5 Å². The molecular weight excluding hydrogens is 371 g/mol. The smallest absolute Gasteiger partial charge is 0.241 e. The second kappa shape index (κ2) is 9.57.